The first-order chi connectivity index (χ1) is 12.0. The van der Waals surface area contributed by atoms with Gasteiger partial charge in [0.1, 0.15) is 16.8 Å². The molecule has 0 saturated carbocycles. The molecule has 0 heterocycles. The van der Waals surface area contributed by atoms with Crippen LogP contribution in [0.15, 0.2) is 48.5 Å². The third-order valence-corrected chi connectivity index (χ3v) is 4.18. The van der Waals surface area contributed by atoms with E-state index in [9.17, 15) is 9.59 Å². The van der Waals surface area contributed by atoms with Gasteiger partial charge in [0.15, 0.2) is 6.61 Å². The first-order valence-electron chi connectivity index (χ1n) is 7.49. The Morgan fingerprint density at radius 2 is 1.80 bits per heavy atom. The average molecular weight is 382 g/mol. The number of ether oxygens (including phenoxy) is 2. The van der Waals surface area contributed by atoms with E-state index in [1.807, 2.05) is 30.3 Å². The number of carbonyl (C=O) groups excluding carboxylic acids is 2. The van der Waals surface area contributed by atoms with Crippen molar-refractivity contribution in [1.29, 1.82) is 0 Å². The molecular weight excluding hydrogens is 365 g/mol. The maximum Gasteiger partial charge on any atom is 0.328 e. The van der Waals surface area contributed by atoms with Crippen molar-refractivity contribution in [2.45, 2.75) is 12.5 Å². The van der Waals surface area contributed by atoms with E-state index in [0.717, 1.165) is 5.56 Å². The summed E-state index contributed by atoms with van der Waals surface area (Å²) >= 11 is 11.9. The second kappa shape index (κ2) is 9.30. The molecule has 1 amide bonds. The Labute approximate surface area is 155 Å². The molecule has 0 radical (unpaired) electrons. The summed E-state index contributed by atoms with van der Waals surface area (Å²) < 4.78 is 10.1. The third-order valence-electron chi connectivity index (χ3n) is 3.38. The molecule has 2 rings (SSSR count). The van der Waals surface area contributed by atoms with E-state index in [2.05, 4.69) is 5.32 Å². The van der Waals surface area contributed by atoms with Gasteiger partial charge in [0.05, 0.1) is 12.1 Å². The van der Waals surface area contributed by atoms with Crippen LogP contribution in [-0.4, -0.2) is 31.6 Å². The van der Waals surface area contributed by atoms with Crippen molar-refractivity contribution in [3.05, 3.63) is 64.1 Å². The van der Waals surface area contributed by atoms with E-state index in [-0.39, 0.29) is 11.6 Å². The van der Waals surface area contributed by atoms with Crippen molar-refractivity contribution in [3.8, 4) is 5.75 Å². The fourth-order valence-electron chi connectivity index (χ4n) is 2.16. The number of methoxy groups -OCH3 is 1. The quantitative estimate of drug-likeness (QED) is 0.747. The van der Waals surface area contributed by atoms with Crippen LogP contribution in [0, 0.1) is 0 Å². The molecule has 132 valence electrons. The van der Waals surface area contributed by atoms with E-state index in [0.29, 0.717) is 17.2 Å². The van der Waals surface area contributed by atoms with Crippen molar-refractivity contribution >= 4 is 35.1 Å². The minimum Gasteiger partial charge on any atom is -0.482 e. The lowest BCUT2D eigenvalue weighted by Gasteiger charge is -2.17. The number of rotatable bonds is 7. The van der Waals surface area contributed by atoms with Crippen LogP contribution in [0.2, 0.25) is 10.0 Å². The van der Waals surface area contributed by atoms with Gasteiger partial charge in [0.2, 0.25) is 0 Å². The van der Waals surface area contributed by atoms with Crippen LogP contribution in [0.3, 0.4) is 0 Å². The van der Waals surface area contributed by atoms with Gasteiger partial charge in [0, 0.05) is 6.42 Å². The third kappa shape index (κ3) is 5.66. The fraction of sp³-hybridized carbons (Fsp3) is 0.222. The van der Waals surface area contributed by atoms with E-state index in [1.165, 1.54) is 7.11 Å². The molecule has 25 heavy (non-hydrogen) atoms. The maximum absolute atomic E-state index is 12.1. The van der Waals surface area contributed by atoms with Gasteiger partial charge in [-0.2, -0.15) is 0 Å². The van der Waals surface area contributed by atoms with Crippen LogP contribution in [0.5, 0.6) is 5.75 Å². The summed E-state index contributed by atoms with van der Waals surface area (Å²) in [4.78, 5) is 24.0. The second-order valence-electron chi connectivity index (χ2n) is 5.17. The van der Waals surface area contributed by atoms with Gasteiger partial charge in [-0.05, 0) is 17.7 Å². The normalized spacial score (nSPS) is 11.5. The molecule has 0 saturated heterocycles. The molecule has 0 bridgehead atoms. The van der Waals surface area contributed by atoms with Gasteiger partial charge < -0.3 is 14.8 Å². The van der Waals surface area contributed by atoms with Crippen LogP contribution in [0.4, 0.5) is 0 Å². The number of halogens is 2. The molecule has 0 aliphatic carbocycles. The highest BCUT2D eigenvalue weighted by Gasteiger charge is 2.22. The number of carbonyl (C=O) groups is 2. The standard InChI is InChI=1S/C18H17Cl2NO4/c1-24-18(23)14(10-12-6-3-2-4-7-12)21-16(22)11-25-15-9-5-8-13(19)17(15)20/h2-9,14H,10-11H2,1H3,(H,21,22)/t14-/m1/s1. The van der Waals surface area contributed by atoms with Crippen LogP contribution < -0.4 is 10.1 Å². The SMILES string of the molecule is COC(=O)[C@@H](Cc1ccccc1)NC(=O)COc1cccc(Cl)c1Cl. The molecule has 2 aromatic rings. The van der Waals surface area contributed by atoms with E-state index < -0.39 is 17.9 Å². The van der Waals surface area contributed by atoms with Gasteiger partial charge in [-0.25, -0.2) is 4.79 Å². The zero-order valence-electron chi connectivity index (χ0n) is 13.5. The summed E-state index contributed by atoms with van der Waals surface area (Å²) in [7, 11) is 1.27. The molecule has 7 heteroatoms. The van der Waals surface area contributed by atoms with Gasteiger partial charge in [-0.15, -0.1) is 0 Å². The summed E-state index contributed by atoms with van der Waals surface area (Å²) in [5.74, 6) is -0.706. The molecule has 0 aliphatic rings. The minimum atomic E-state index is -0.807. The maximum atomic E-state index is 12.1. The lowest BCUT2D eigenvalue weighted by molar-refractivity contribution is -0.145. The van der Waals surface area contributed by atoms with E-state index in [4.69, 9.17) is 32.7 Å². The van der Waals surface area contributed by atoms with E-state index >= 15 is 0 Å². The Bertz CT molecular complexity index is 737. The van der Waals surface area contributed by atoms with Gasteiger partial charge in [-0.3, -0.25) is 4.79 Å². The summed E-state index contributed by atoms with van der Waals surface area (Å²) in [6, 6.07) is 13.4. The number of nitrogens with one attached hydrogen (secondary N) is 1. The zero-order chi connectivity index (χ0) is 18.2. The van der Waals surface area contributed by atoms with Crippen LogP contribution in [0.25, 0.3) is 0 Å². The van der Waals surface area contributed by atoms with Crippen molar-refractivity contribution in [2.24, 2.45) is 0 Å². The van der Waals surface area contributed by atoms with Crippen LogP contribution in [0.1, 0.15) is 5.56 Å². The average Bonchev–Trinajstić information content (AvgIpc) is 2.62. The van der Waals surface area contributed by atoms with Crippen LogP contribution >= 0.6 is 23.2 Å². The van der Waals surface area contributed by atoms with Crippen molar-refractivity contribution < 1.29 is 19.1 Å². The van der Waals surface area contributed by atoms with Crippen LogP contribution in [-0.2, 0) is 20.7 Å². The smallest absolute Gasteiger partial charge is 0.328 e. The Kier molecular flexibility index (Phi) is 7.10. The zero-order valence-corrected chi connectivity index (χ0v) is 15.0. The Hall–Kier alpha value is -2.24. The Morgan fingerprint density at radius 3 is 2.48 bits per heavy atom. The number of amides is 1. The highest BCUT2D eigenvalue weighted by Crippen LogP contribution is 2.31. The number of benzene rings is 2. The summed E-state index contributed by atoms with van der Waals surface area (Å²) in [5, 5.41) is 3.16. The molecule has 1 atom stereocenters. The molecule has 5 nitrogen and oxygen atoms in total. The lowest BCUT2D eigenvalue weighted by atomic mass is 10.1. The predicted octanol–water partition coefficient (Wildman–Crippen LogP) is 3.27. The molecular formula is C18H17Cl2NO4. The largest absolute Gasteiger partial charge is 0.482 e. The highest BCUT2D eigenvalue weighted by molar-refractivity contribution is 6.42. The first-order valence-corrected chi connectivity index (χ1v) is 8.24. The topological polar surface area (TPSA) is 64.6 Å². The predicted molar refractivity (Wildman–Crippen MR) is 96.0 cm³/mol. The summed E-state index contributed by atoms with van der Waals surface area (Å²) in [6.07, 6.45) is 0.317. The monoisotopic (exact) mass is 381 g/mol. The molecule has 1 N–H and O–H groups in total. The lowest BCUT2D eigenvalue weighted by Crippen LogP contribution is -2.44. The minimum absolute atomic E-state index is 0.228. The molecule has 0 unspecified atom stereocenters. The molecule has 0 spiro atoms. The van der Waals surface area contributed by atoms with Crippen molar-refractivity contribution in [3.63, 3.8) is 0 Å². The highest BCUT2D eigenvalue weighted by atomic mass is 35.5. The molecule has 2 aromatic carbocycles. The molecule has 0 aliphatic heterocycles. The van der Waals surface area contributed by atoms with Gasteiger partial charge in [0.25, 0.3) is 5.91 Å². The second-order valence-corrected chi connectivity index (χ2v) is 5.96. The van der Waals surface area contributed by atoms with Gasteiger partial charge in [-0.1, -0.05) is 59.6 Å². The van der Waals surface area contributed by atoms with E-state index in [1.54, 1.807) is 18.2 Å². The van der Waals surface area contributed by atoms with Crippen molar-refractivity contribution in [1.82, 2.24) is 5.32 Å². The summed E-state index contributed by atoms with van der Waals surface area (Å²) in [5.41, 5.74) is 0.900. The Balaban J connectivity index is 1.97. The van der Waals surface area contributed by atoms with Gasteiger partial charge >= 0.3 is 5.97 Å². The van der Waals surface area contributed by atoms with Crippen molar-refractivity contribution in [2.75, 3.05) is 13.7 Å². The summed E-state index contributed by atoms with van der Waals surface area (Å²) in [6.45, 7) is -0.303. The molecule has 0 aromatic heterocycles. The number of esters is 1. The fourth-order valence-corrected chi connectivity index (χ4v) is 2.51. The number of hydrogen-bond donors (Lipinski definition) is 1. The number of hydrogen-bond acceptors (Lipinski definition) is 4. The first kappa shape index (κ1) is 19.1. The molecule has 0 fully saturated rings. The Morgan fingerprint density at radius 1 is 1.08 bits per heavy atom.